The molecule has 1 aliphatic rings. The number of nitrogens with zero attached hydrogens (tertiary/aromatic N) is 2. The van der Waals surface area contributed by atoms with Crippen LogP contribution in [0.3, 0.4) is 0 Å². The Kier molecular flexibility index (Phi) is 3.07. The molecule has 0 aliphatic heterocycles. The monoisotopic (exact) mass is 242 g/mol. The van der Waals surface area contributed by atoms with Gasteiger partial charge in [-0.1, -0.05) is 38.1 Å². The zero-order chi connectivity index (χ0) is 13.3. The number of fused-ring (bicyclic) bond motifs is 1. The number of ketones is 1. The third-order valence-electron chi connectivity index (χ3n) is 3.30. The summed E-state index contributed by atoms with van der Waals surface area (Å²) in [6.07, 6.45) is 3.50. The van der Waals surface area contributed by atoms with Crippen LogP contribution in [-0.2, 0) is 5.41 Å². The van der Waals surface area contributed by atoms with Gasteiger partial charge in [-0.2, -0.15) is 5.10 Å². The minimum atomic E-state index is -0.244. The van der Waals surface area contributed by atoms with Crippen molar-refractivity contribution >= 4 is 12.0 Å². The van der Waals surface area contributed by atoms with Gasteiger partial charge in [-0.15, -0.1) is 0 Å². The van der Waals surface area contributed by atoms with Gasteiger partial charge in [-0.3, -0.25) is 4.79 Å². The van der Waals surface area contributed by atoms with Gasteiger partial charge in [-0.25, -0.2) is 0 Å². The summed E-state index contributed by atoms with van der Waals surface area (Å²) >= 11 is 0. The summed E-state index contributed by atoms with van der Waals surface area (Å²) in [5, 5.41) is 5.84. The van der Waals surface area contributed by atoms with Crippen molar-refractivity contribution in [2.75, 3.05) is 14.1 Å². The van der Waals surface area contributed by atoms with E-state index in [1.54, 1.807) is 11.2 Å². The molecule has 0 heterocycles. The van der Waals surface area contributed by atoms with E-state index in [1.165, 1.54) is 0 Å². The second kappa shape index (κ2) is 4.41. The van der Waals surface area contributed by atoms with E-state index in [9.17, 15) is 4.79 Å². The molecule has 18 heavy (non-hydrogen) atoms. The van der Waals surface area contributed by atoms with Gasteiger partial charge >= 0.3 is 0 Å². The van der Waals surface area contributed by atoms with Crippen LogP contribution in [0.25, 0.3) is 0 Å². The highest BCUT2D eigenvalue weighted by Gasteiger charge is 2.40. The molecule has 0 spiro atoms. The zero-order valence-corrected chi connectivity index (χ0v) is 11.3. The first kappa shape index (κ1) is 12.6. The van der Waals surface area contributed by atoms with Crippen LogP contribution >= 0.6 is 0 Å². The molecule has 3 nitrogen and oxygen atoms in total. The highest BCUT2D eigenvalue weighted by Crippen LogP contribution is 2.41. The second-order valence-corrected chi connectivity index (χ2v) is 5.19. The zero-order valence-electron chi connectivity index (χ0n) is 11.3. The lowest BCUT2D eigenvalue weighted by atomic mass is 9.82. The Morgan fingerprint density at radius 1 is 1.22 bits per heavy atom. The minimum absolute atomic E-state index is 0.112. The van der Waals surface area contributed by atoms with Crippen molar-refractivity contribution in [1.29, 1.82) is 0 Å². The molecule has 94 valence electrons. The van der Waals surface area contributed by atoms with Gasteiger partial charge in [-0.05, 0) is 11.6 Å². The number of carbonyl (C=O) groups is 1. The fourth-order valence-electron chi connectivity index (χ4n) is 2.33. The highest BCUT2D eigenvalue weighted by molar-refractivity contribution is 6.16. The maximum Gasteiger partial charge on any atom is 0.190 e. The first-order valence-electron chi connectivity index (χ1n) is 6.01. The van der Waals surface area contributed by atoms with Crippen LogP contribution in [0.4, 0.5) is 0 Å². The molecule has 0 bridgehead atoms. The lowest BCUT2D eigenvalue weighted by Gasteiger charge is -2.20. The molecule has 1 aromatic rings. The summed E-state index contributed by atoms with van der Waals surface area (Å²) in [5.74, 6) is 0.112. The average molecular weight is 242 g/mol. The van der Waals surface area contributed by atoms with E-state index in [-0.39, 0.29) is 11.2 Å². The molecular weight excluding hydrogens is 224 g/mol. The maximum absolute atomic E-state index is 12.3. The smallest absolute Gasteiger partial charge is 0.190 e. The molecule has 1 aromatic carbocycles. The van der Waals surface area contributed by atoms with Crippen molar-refractivity contribution in [3.05, 3.63) is 47.0 Å². The third-order valence-corrected chi connectivity index (χ3v) is 3.30. The summed E-state index contributed by atoms with van der Waals surface area (Å²) in [4.78, 5) is 12.3. The molecule has 0 fully saturated rings. The summed E-state index contributed by atoms with van der Waals surface area (Å²) in [6.45, 7) is 4.15. The van der Waals surface area contributed by atoms with Crippen molar-refractivity contribution < 1.29 is 4.79 Å². The number of hydrazone groups is 1. The quantitative estimate of drug-likeness (QED) is 0.454. The van der Waals surface area contributed by atoms with Gasteiger partial charge in [0.05, 0.1) is 0 Å². The van der Waals surface area contributed by atoms with Crippen LogP contribution in [0.1, 0.15) is 29.8 Å². The summed E-state index contributed by atoms with van der Waals surface area (Å²) in [7, 11) is 3.71. The van der Waals surface area contributed by atoms with Crippen molar-refractivity contribution in [3.63, 3.8) is 0 Å². The van der Waals surface area contributed by atoms with Crippen LogP contribution in [0.2, 0.25) is 0 Å². The average Bonchev–Trinajstić information content (AvgIpc) is 2.50. The molecule has 1 aliphatic carbocycles. The third kappa shape index (κ3) is 1.96. The van der Waals surface area contributed by atoms with Crippen molar-refractivity contribution in [2.45, 2.75) is 19.3 Å². The van der Waals surface area contributed by atoms with Crippen LogP contribution < -0.4 is 0 Å². The van der Waals surface area contributed by atoms with E-state index in [1.807, 2.05) is 44.4 Å². The molecule has 0 saturated heterocycles. The molecule has 0 unspecified atom stereocenters. The fourth-order valence-corrected chi connectivity index (χ4v) is 2.33. The van der Waals surface area contributed by atoms with Crippen LogP contribution in [0.5, 0.6) is 0 Å². The topological polar surface area (TPSA) is 32.7 Å². The Morgan fingerprint density at radius 3 is 2.50 bits per heavy atom. The van der Waals surface area contributed by atoms with Crippen molar-refractivity contribution in [2.24, 2.45) is 5.10 Å². The predicted octanol–water partition coefficient (Wildman–Crippen LogP) is 2.63. The summed E-state index contributed by atoms with van der Waals surface area (Å²) in [5.41, 5.74) is 2.47. The number of rotatable bonds is 2. The standard InChI is InChI=1S/C15H18N2O/c1-15(2)12-8-6-5-7-11(12)14(18)13(15)9-10-16-17(3)4/h5-10H,1-4H3/b13-9-,16-10+. The Morgan fingerprint density at radius 2 is 1.89 bits per heavy atom. The molecule has 0 saturated carbocycles. The van der Waals surface area contributed by atoms with Crippen molar-refractivity contribution in [3.8, 4) is 0 Å². The SMILES string of the molecule is CN(C)/N=C/C=C1/C(=O)c2ccccc2C1(C)C. The Hall–Kier alpha value is -1.90. The van der Waals surface area contributed by atoms with Gasteiger partial charge in [0.25, 0.3) is 0 Å². The molecule has 0 atom stereocenters. The Balaban J connectivity index is 2.45. The van der Waals surface area contributed by atoms with E-state index in [4.69, 9.17) is 0 Å². The predicted molar refractivity (Wildman–Crippen MR) is 74.1 cm³/mol. The van der Waals surface area contributed by atoms with E-state index in [2.05, 4.69) is 18.9 Å². The normalized spacial score (nSPS) is 19.6. The first-order valence-corrected chi connectivity index (χ1v) is 6.01. The number of Topliss-reactive ketones (excluding diaryl/α,β-unsaturated/α-hetero) is 1. The molecule has 2 rings (SSSR count). The Bertz CT molecular complexity index is 539. The molecule has 0 radical (unpaired) electrons. The maximum atomic E-state index is 12.3. The second-order valence-electron chi connectivity index (χ2n) is 5.19. The fraction of sp³-hybridized carbons (Fsp3) is 0.333. The highest BCUT2D eigenvalue weighted by atomic mass is 16.1. The van der Waals surface area contributed by atoms with Gasteiger partial charge in [0, 0.05) is 36.9 Å². The van der Waals surface area contributed by atoms with E-state index < -0.39 is 0 Å². The Labute approximate surface area is 108 Å². The molecule has 3 heteroatoms. The van der Waals surface area contributed by atoms with E-state index >= 15 is 0 Å². The minimum Gasteiger partial charge on any atom is -0.303 e. The van der Waals surface area contributed by atoms with Gasteiger partial charge in [0.15, 0.2) is 5.78 Å². The summed E-state index contributed by atoms with van der Waals surface area (Å²) < 4.78 is 0. The lowest BCUT2D eigenvalue weighted by Crippen LogP contribution is -2.17. The van der Waals surface area contributed by atoms with E-state index in [0.29, 0.717) is 0 Å². The number of allylic oxidation sites excluding steroid dienone is 2. The number of hydrogen-bond acceptors (Lipinski definition) is 3. The van der Waals surface area contributed by atoms with Crippen molar-refractivity contribution in [1.82, 2.24) is 5.01 Å². The van der Waals surface area contributed by atoms with Crippen LogP contribution in [-0.4, -0.2) is 31.1 Å². The van der Waals surface area contributed by atoms with Gasteiger partial charge < -0.3 is 5.01 Å². The number of hydrogen-bond donors (Lipinski definition) is 0. The van der Waals surface area contributed by atoms with Crippen LogP contribution in [0, 0.1) is 0 Å². The summed E-state index contributed by atoms with van der Waals surface area (Å²) in [6, 6.07) is 7.80. The molecule has 0 N–H and O–H groups in total. The first-order chi connectivity index (χ1) is 8.44. The lowest BCUT2D eigenvalue weighted by molar-refractivity contribution is 0.103. The molecular formula is C15H18N2O. The molecule has 0 amide bonds. The van der Waals surface area contributed by atoms with Crippen LogP contribution in [0.15, 0.2) is 41.0 Å². The largest absolute Gasteiger partial charge is 0.303 e. The number of benzene rings is 1. The molecule has 0 aromatic heterocycles. The van der Waals surface area contributed by atoms with E-state index in [0.717, 1.165) is 16.7 Å². The van der Waals surface area contributed by atoms with Gasteiger partial charge in [0.1, 0.15) is 0 Å². The van der Waals surface area contributed by atoms with Gasteiger partial charge in [0.2, 0.25) is 0 Å². The number of carbonyl (C=O) groups excluding carboxylic acids is 1.